The van der Waals surface area contributed by atoms with Gasteiger partial charge in [-0.15, -0.1) is 0 Å². The van der Waals surface area contributed by atoms with E-state index in [-0.39, 0.29) is 11.9 Å². The lowest BCUT2D eigenvalue weighted by atomic mass is 9.89. The summed E-state index contributed by atoms with van der Waals surface area (Å²) in [5.41, 5.74) is 0.328. The Hall–Kier alpha value is -0.0800. The fourth-order valence-electron chi connectivity index (χ4n) is 1.55. The molecule has 0 aliphatic carbocycles. The van der Waals surface area contributed by atoms with E-state index in [2.05, 4.69) is 20.8 Å². The van der Waals surface area contributed by atoms with Gasteiger partial charge in [0.2, 0.25) is 0 Å². The summed E-state index contributed by atoms with van der Waals surface area (Å²) in [6.45, 7) is 11.3. The van der Waals surface area contributed by atoms with E-state index >= 15 is 0 Å². The molecule has 1 fully saturated rings. The third-order valence-electron chi connectivity index (χ3n) is 1.91. The molecule has 72 valence electrons. The molecular weight excluding hydrogens is 152 g/mol. The van der Waals surface area contributed by atoms with Crippen molar-refractivity contribution in [3.8, 4) is 0 Å². The summed E-state index contributed by atoms with van der Waals surface area (Å²) < 4.78 is 11.2. The Balaban J connectivity index is 2.39. The van der Waals surface area contributed by atoms with Gasteiger partial charge in [0.1, 0.15) is 0 Å². The van der Waals surface area contributed by atoms with Gasteiger partial charge < -0.3 is 9.47 Å². The highest BCUT2D eigenvalue weighted by molar-refractivity contribution is 4.76. The number of hydrogen-bond donors (Lipinski definition) is 0. The zero-order valence-corrected chi connectivity index (χ0v) is 8.81. The molecular formula is C10H20O2. The lowest BCUT2D eigenvalue weighted by molar-refractivity contribution is -0.141. The molecule has 0 bridgehead atoms. The van der Waals surface area contributed by atoms with Gasteiger partial charge in [0, 0.05) is 0 Å². The molecule has 0 spiro atoms. The molecule has 0 saturated carbocycles. The predicted molar refractivity (Wildman–Crippen MR) is 49.0 cm³/mol. The summed E-state index contributed by atoms with van der Waals surface area (Å²) in [6.07, 6.45) is 1.34. The Kier molecular flexibility index (Phi) is 2.50. The minimum absolute atomic E-state index is 0.278. The van der Waals surface area contributed by atoms with Gasteiger partial charge in [0.15, 0.2) is 5.79 Å². The Bertz CT molecular complexity index is 156. The van der Waals surface area contributed by atoms with Crippen LogP contribution in [0.25, 0.3) is 0 Å². The standard InChI is InChI=1S/C10H20O2/c1-9(2,3)6-8-7-11-10(4,5)12-8/h8H,6-7H2,1-5H3/t8-/m0/s1. The van der Waals surface area contributed by atoms with Gasteiger partial charge in [-0.25, -0.2) is 0 Å². The first kappa shape index (κ1) is 10.0. The molecule has 1 rings (SSSR count). The second-order valence-electron chi connectivity index (χ2n) is 5.22. The lowest BCUT2D eigenvalue weighted by Crippen LogP contribution is -2.24. The Morgan fingerprint density at radius 3 is 2.25 bits per heavy atom. The highest BCUT2D eigenvalue weighted by Crippen LogP contribution is 2.30. The van der Waals surface area contributed by atoms with Crippen LogP contribution in [0, 0.1) is 5.41 Å². The molecule has 1 saturated heterocycles. The molecule has 1 heterocycles. The van der Waals surface area contributed by atoms with E-state index in [9.17, 15) is 0 Å². The van der Waals surface area contributed by atoms with Gasteiger partial charge in [-0.1, -0.05) is 20.8 Å². The second kappa shape index (κ2) is 3.00. The SMILES string of the molecule is CC(C)(C)C[C@H]1COC(C)(C)O1. The van der Waals surface area contributed by atoms with E-state index in [0.29, 0.717) is 5.41 Å². The van der Waals surface area contributed by atoms with Crippen LogP contribution in [-0.4, -0.2) is 18.5 Å². The first-order valence-corrected chi connectivity index (χ1v) is 4.60. The monoisotopic (exact) mass is 172 g/mol. The molecule has 1 aliphatic heterocycles. The largest absolute Gasteiger partial charge is 0.348 e. The number of hydrogen-bond acceptors (Lipinski definition) is 2. The van der Waals surface area contributed by atoms with Crippen molar-refractivity contribution in [3.05, 3.63) is 0 Å². The Labute approximate surface area is 75.2 Å². The topological polar surface area (TPSA) is 18.5 Å². The zero-order valence-electron chi connectivity index (χ0n) is 8.81. The first-order chi connectivity index (χ1) is 5.29. The van der Waals surface area contributed by atoms with Crippen molar-refractivity contribution in [2.24, 2.45) is 5.41 Å². The van der Waals surface area contributed by atoms with Gasteiger partial charge in [-0.2, -0.15) is 0 Å². The summed E-state index contributed by atoms with van der Waals surface area (Å²) in [4.78, 5) is 0. The van der Waals surface area contributed by atoms with Crippen LogP contribution < -0.4 is 0 Å². The second-order valence-corrected chi connectivity index (χ2v) is 5.22. The molecule has 0 aromatic heterocycles. The van der Waals surface area contributed by atoms with E-state index in [1.54, 1.807) is 0 Å². The molecule has 12 heavy (non-hydrogen) atoms. The maximum Gasteiger partial charge on any atom is 0.163 e. The molecule has 0 amide bonds. The van der Waals surface area contributed by atoms with Crippen LogP contribution in [0.15, 0.2) is 0 Å². The lowest BCUT2D eigenvalue weighted by Gasteiger charge is -2.23. The highest BCUT2D eigenvalue weighted by atomic mass is 16.7. The van der Waals surface area contributed by atoms with Crippen LogP contribution in [0.5, 0.6) is 0 Å². The van der Waals surface area contributed by atoms with Crippen LogP contribution in [0.1, 0.15) is 41.0 Å². The van der Waals surface area contributed by atoms with E-state index in [1.807, 2.05) is 13.8 Å². The maximum absolute atomic E-state index is 5.70. The van der Waals surface area contributed by atoms with Crippen LogP contribution in [-0.2, 0) is 9.47 Å². The summed E-state index contributed by atoms with van der Waals surface area (Å²) in [7, 11) is 0. The minimum Gasteiger partial charge on any atom is -0.348 e. The van der Waals surface area contributed by atoms with Crippen LogP contribution in [0.4, 0.5) is 0 Å². The molecule has 2 nitrogen and oxygen atoms in total. The van der Waals surface area contributed by atoms with Gasteiger partial charge in [0.25, 0.3) is 0 Å². The van der Waals surface area contributed by atoms with Crippen LogP contribution >= 0.6 is 0 Å². The fourth-order valence-corrected chi connectivity index (χ4v) is 1.55. The molecule has 2 heteroatoms. The minimum atomic E-state index is -0.365. The zero-order chi connectivity index (χ0) is 9.41. The van der Waals surface area contributed by atoms with Crippen molar-refractivity contribution >= 4 is 0 Å². The quantitative estimate of drug-likeness (QED) is 0.605. The normalized spacial score (nSPS) is 29.2. The molecule has 1 aliphatic rings. The molecule has 0 N–H and O–H groups in total. The van der Waals surface area contributed by atoms with E-state index in [4.69, 9.17) is 9.47 Å². The summed E-state index contributed by atoms with van der Waals surface area (Å²) in [5.74, 6) is -0.365. The van der Waals surface area contributed by atoms with Crippen molar-refractivity contribution in [2.45, 2.75) is 52.9 Å². The molecule has 0 aromatic carbocycles. The van der Waals surface area contributed by atoms with Crippen LogP contribution in [0.3, 0.4) is 0 Å². The van der Waals surface area contributed by atoms with Crippen molar-refractivity contribution in [3.63, 3.8) is 0 Å². The predicted octanol–water partition coefficient (Wildman–Crippen LogP) is 2.57. The number of rotatable bonds is 1. The van der Waals surface area contributed by atoms with Crippen molar-refractivity contribution < 1.29 is 9.47 Å². The van der Waals surface area contributed by atoms with Gasteiger partial charge in [0.05, 0.1) is 12.7 Å². The first-order valence-electron chi connectivity index (χ1n) is 4.60. The summed E-state index contributed by atoms with van der Waals surface area (Å²) in [5, 5.41) is 0. The molecule has 1 atom stereocenters. The van der Waals surface area contributed by atoms with E-state index < -0.39 is 0 Å². The molecule has 0 unspecified atom stereocenters. The smallest absolute Gasteiger partial charge is 0.163 e. The van der Waals surface area contributed by atoms with Crippen molar-refractivity contribution in [1.29, 1.82) is 0 Å². The van der Waals surface area contributed by atoms with Gasteiger partial charge >= 0.3 is 0 Å². The molecule has 0 radical (unpaired) electrons. The summed E-state index contributed by atoms with van der Waals surface area (Å²) in [6, 6.07) is 0. The van der Waals surface area contributed by atoms with E-state index in [1.165, 1.54) is 0 Å². The average molecular weight is 172 g/mol. The third kappa shape index (κ3) is 3.11. The number of ether oxygens (including phenoxy) is 2. The highest BCUT2D eigenvalue weighted by Gasteiger charge is 2.34. The Morgan fingerprint density at radius 2 is 1.92 bits per heavy atom. The summed E-state index contributed by atoms with van der Waals surface area (Å²) >= 11 is 0. The third-order valence-corrected chi connectivity index (χ3v) is 1.91. The van der Waals surface area contributed by atoms with Crippen molar-refractivity contribution in [2.75, 3.05) is 6.61 Å². The molecule has 0 aromatic rings. The van der Waals surface area contributed by atoms with Gasteiger partial charge in [-0.05, 0) is 25.7 Å². The van der Waals surface area contributed by atoms with Crippen molar-refractivity contribution in [1.82, 2.24) is 0 Å². The Morgan fingerprint density at radius 1 is 1.33 bits per heavy atom. The maximum atomic E-state index is 5.70. The van der Waals surface area contributed by atoms with E-state index in [0.717, 1.165) is 13.0 Å². The van der Waals surface area contributed by atoms with Gasteiger partial charge in [-0.3, -0.25) is 0 Å². The fraction of sp³-hybridized carbons (Fsp3) is 1.00. The van der Waals surface area contributed by atoms with Crippen LogP contribution in [0.2, 0.25) is 0 Å². The average Bonchev–Trinajstić information content (AvgIpc) is 2.05.